The van der Waals surface area contributed by atoms with E-state index in [0.29, 0.717) is 13.1 Å². The van der Waals surface area contributed by atoms with Crippen LogP contribution in [0.4, 0.5) is 4.79 Å². The Morgan fingerprint density at radius 1 is 1.71 bits per heavy atom. The molecular weight excluding hydrogens is 180 g/mol. The third-order valence-electron chi connectivity index (χ3n) is 2.40. The molecule has 0 aromatic heterocycles. The van der Waals surface area contributed by atoms with Crippen LogP contribution in [0.15, 0.2) is 0 Å². The lowest BCUT2D eigenvalue weighted by Crippen LogP contribution is -2.48. The van der Waals surface area contributed by atoms with E-state index in [9.17, 15) is 4.79 Å². The van der Waals surface area contributed by atoms with Gasteiger partial charge in [-0.2, -0.15) is 0 Å². The van der Waals surface area contributed by atoms with Crippen LogP contribution < -0.4 is 11.1 Å². The van der Waals surface area contributed by atoms with Crippen molar-refractivity contribution in [3.8, 4) is 0 Å². The van der Waals surface area contributed by atoms with Crippen molar-refractivity contribution in [3.63, 3.8) is 0 Å². The molecule has 0 aliphatic carbocycles. The number of likely N-dealkylation sites (tertiary alicyclic amines) is 1. The minimum Gasteiger partial charge on any atom is -0.386 e. The van der Waals surface area contributed by atoms with Crippen LogP contribution in [0, 0.1) is 5.41 Å². The van der Waals surface area contributed by atoms with Crippen LogP contribution >= 0.6 is 0 Å². The van der Waals surface area contributed by atoms with Crippen molar-refractivity contribution in [3.05, 3.63) is 0 Å². The zero-order valence-electron chi connectivity index (χ0n) is 8.55. The highest BCUT2D eigenvalue weighted by Crippen LogP contribution is 2.16. The van der Waals surface area contributed by atoms with E-state index in [0.717, 1.165) is 19.3 Å². The molecule has 5 heteroatoms. The first-order valence-corrected chi connectivity index (χ1v) is 5.05. The normalized spacial score (nSPS) is 20.9. The van der Waals surface area contributed by atoms with Gasteiger partial charge < -0.3 is 16.0 Å². The van der Waals surface area contributed by atoms with Crippen LogP contribution in [0.25, 0.3) is 0 Å². The number of urea groups is 1. The zero-order chi connectivity index (χ0) is 10.6. The van der Waals surface area contributed by atoms with E-state index in [1.165, 1.54) is 0 Å². The molecular formula is C9H18N4O. The molecule has 0 radical (unpaired) electrons. The first-order chi connectivity index (χ1) is 6.66. The van der Waals surface area contributed by atoms with Gasteiger partial charge in [0.2, 0.25) is 0 Å². The summed E-state index contributed by atoms with van der Waals surface area (Å²) >= 11 is 0. The number of hydrogen-bond acceptors (Lipinski definition) is 2. The van der Waals surface area contributed by atoms with Gasteiger partial charge >= 0.3 is 6.03 Å². The Kier molecular flexibility index (Phi) is 3.73. The maximum Gasteiger partial charge on any atom is 0.318 e. The molecule has 14 heavy (non-hydrogen) atoms. The summed E-state index contributed by atoms with van der Waals surface area (Å²) in [7, 11) is 0. The Hall–Kier alpha value is -1.26. The molecule has 5 nitrogen and oxygen atoms in total. The summed E-state index contributed by atoms with van der Waals surface area (Å²) in [6.07, 6.45) is 2.67. The molecule has 1 heterocycles. The smallest absolute Gasteiger partial charge is 0.318 e. The van der Waals surface area contributed by atoms with Gasteiger partial charge in [-0.3, -0.25) is 5.41 Å². The highest BCUT2D eigenvalue weighted by atomic mass is 16.2. The number of amidine groups is 1. The molecule has 1 rings (SSSR count). The van der Waals surface area contributed by atoms with Gasteiger partial charge in [-0.1, -0.05) is 6.92 Å². The average molecular weight is 198 g/mol. The van der Waals surface area contributed by atoms with E-state index >= 15 is 0 Å². The van der Waals surface area contributed by atoms with Crippen LogP contribution in [0.2, 0.25) is 0 Å². The number of hydrogen-bond donors (Lipinski definition) is 3. The second-order valence-corrected chi connectivity index (χ2v) is 3.54. The van der Waals surface area contributed by atoms with E-state index in [4.69, 9.17) is 11.1 Å². The molecule has 80 valence electrons. The standard InChI is InChI=1S/C9H18N4O/c1-2-5-12-9(14)13-6-3-4-7(13)8(10)11/h7H,2-6H2,1H3,(H3,10,11)(H,12,14). The van der Waals surface area contributed by atoms with Crippen LogP contribution in [-0.2, 0) is 0 Å². The summed E-state index contributed by atoms with van der Waals surface area (Å²) in [6.45, 7) is 3.40. The maximum atomic E-state index is 11.6. The van der Waals surface area contributed by atoms with Crippen molar-refractivity contribution in [2.45, 2.75) is 32.2 Å². The first-order valence-electron chi connectivity index (χ1n) is 5.05. The van der Waals surface area contributed by atoms with E-state index in [1.54, 1.807) is 4.90 Å². The van der Waals surface area contributed by atoms with Crippen LogP contribution in [0.1, 0.15) is 26.2 Å². The lowest BCUT2D eigenvalue weighted by Gasteiger charge is -2.23. The van der Waals surface area contributed by atoms with Gasteiger partial charge in [0.1, 0.15) is 5.84 Å². The number of carbonyl (C=O) groups is 1. The largest absolute Gasteiger partial charge is 0.386 e. The predicted octanol–water partition coefficient (Wildman–Crippen LogP) is 0.506. The Bertz CT molecular complexity index is 229. The fraction of sp³-hybridized carbons (Fsp3) is 0.778. The van der Waals surface area contributed by atoms with E-state index in [2.05, 4.69) is 5.32 Å². The molecule has 1 unspecified atom stereocenters. The summed E-state index contributed by atoms with van der Waals surface area (Å²) < 4.78 is 0. The summed E-state index contributed by atoms with van der Waals surface area (Å²) in [5.41, 5.74) is 5.42. The second-order valence-electron chi connectivity index (χ2n) is 3.54. The van der Waals surface area contributed by atoms with Gasteiger partial charge in [0.25, 0.3) is 0 Å². The molecule has 0 spiro atoms. The van der Waals surface area contributed by atoms with Gasteiger partial charge in [0, 0.05) is 13.1 Å². The topological polar surface area (TPSA) is 82.2 Å². The highest BCUT2D eigenvalue weighted by Gasteiger charge is 2.30. The number of carbonyl (C=O) groups excluding carboxylic acids is 1. The average Bonchev–Trinajstić information content (AvgIpc) is 2.62. The minimum atomic E-state index is -0.188. The number of amides is 2. The van der Waals surface area contributed by atoms with Crippen molar-refractivity contribution in [2.75, 3.05) is 13.1 Å². The van der Waals surface area contributed by atoms with Crippen molar-refractivity contribution >= 4 is 11.9 Å². The Labute approximate surface area is 84.1 Å². The minimum absolute atomic E-state index is 0.0918. The lowest BCUT2D eigenvalue weighted by atomic mass is 10.2. The van der Waals surface area contributed by atoms with Crippen molar-refractivity contribution in [1.29, 1.82) is 5.41 Å². The SMILES string of the molecule is CCCNC(=O)N1CCCC1C(=N)N. The Morgan fingerprint density at radius 2 is 2.43 bits per heavy atom. The fourth-order valence-corrected chi connectivity index (χ4v) is 1.67. The van der Waals surface area contributed by atoms with Crippen LogP contribution in [0.5, 0.6) is 0 Å². The third-order valence-corrected chi connectivity index (χ3v) is 2.40. The highest BCUT2D eigenvalue weighted by molar-refractivity contribution is 5.88. The number of nitrogens with two attached hydrogens (primary N) is 1. The number of nitrogens with one attached hydrogen (secondary N) is 2. The van der Waals surface area contributed by atoms with Gasteiger partial charge in [-0.15, -0.1) is 0 Å². The van der Waals surface area contributed by atoms with Gasteiger partial charge in [-0.05, 0) is 19.3 Å². The molecule has 2 amide bonds. The van der Waals surface area contributed by atoms with Gasteiger partial charge in [0.15, 0.2) is 0 Å². The Balaban J connectivity index is 2.49. The summed E-state index contributed by atoms with van der Waals surface area (Å²) in [5, 5.41) is 10.1. The summed E-state index contributed by atoms with van der Waals surface area (Å²) in [4.78, 5) is 13.2. The molecule has 1 atom stereocenters. The monoisotopic (exact) mass is 198 g/mol. The predicted molar refractivity (Wildman–Crippen MR) is 55.3 cm³/mol. The third kappa shape index (κ3) is 2.37. The number of nitrogens with zero attached hydrogens (tertiary/aromatic N) is 1. The van der Waals surface area contributed by atoms with Gasteiger partial charge in [-0.25, -0.2) is 4.79 Å². The maximum absolute atomic E-state index is 11.6. The van der Waals surface area contributed by atoms with E-state index in [-0.39, 0.29) is 17.9 Å². The molecule has 1 saturated heterocycles. The first kappa shape index (κ1) is 10.8. The van der Waals surface area contributed by atoms with E-state index in [1.807, 2.05) is 6.92 Å². The summed E-state index contributed by atoms with van der Waals surface area (Å²) in [5.74, 6) is 0.0918. The lowest BCUT2D eigenvalue weighted by molar-refractivity contribution is 0.202. The molecule has 1 aliphatic rings. The Morgan fingerprint density at radius 3 is 3.00 bits per heavy atom. The molecule has 0 saturated carbocycles. The summed E-state index contributed by atoms with van der Waals surface area (Å²) in [6, 6.07) is -0.281. The van der Waals surface area contributed by atoms with Crippen molar-refractivity contribution in [1.82, 2.24) is 10.2 Å². The van der Waals surface area contributed by atoms with Gasteiger partial charge in [0.05, 0.1) is 6.04 Å². The number of rotatable bonds is 3. The second kappa shape index (κ2) is 4.83. The van der Waals surface area contributed by atoms with E-state index < -0.39 is 0 Å². The van der Waals surface area contributed by atoms with Crippen LogP contribution in [0.3, 0.4) is 0 Å². The van der Waals surface area contributed by atoms with Crippen LogP contribution in [-0.4, -0.2) is 35.9 Å². The molecule has 0 bridgehead atoms. The fourth-order valence-electron chi connectivity index (χ4n) is 1.67. The molecule has 0 aromatic rings. The zero-order valence-corrected chi connectivity index (χ0v) is 8.55. The quantitative estimate of drug-likeness (QED) is 0.456. The molecule has 0 aromatic carbocycles. The van der Waals surface area contributed by atoms with Crippen molar-refractivity contribution < 1.29 is 4.79 Å². The van der Waals surface area contributed by atoms with Crippen molar-refractivity contribution in [2.24, 2.45) is 5.73 Å². The molecule has 1 fully saturated rings. The molecule has 4 N–H and O–H groups in total. The molecule has 1 aliphatic heterocycles.